The smallest absolute Gasteiger partial charge is 0.308 e. The molecule has 0 aliphatic heterocycles. The van der Waals surface area contributed by atoms with E-state index in [0.717, 1.165) is 11.2 Å². The van der Waals surface area contributed by atoms with Crippen LogP contribution in [0.25, 0.3) is 0 Å². The van der Waals surface area contributed by atoms with Crippen molar-refractivity contribution in [2.24, 2.45) is 0 Å². The number of amides is 1. The summed E-state index contributed by atoms with van der Waals surface area (Å²) in [6.07, 6.45) is 0.957. The van der Waals surface area contributed by atoms with Crippen LogP contribution < -0.4 is 0 Å². The lowest BCUT2D eigenvalue weighted by atomic mass is 10.1. The first-order chi connectivity index (χ1) is 9.53. The Bertz CT molecular complexity index is 690. The highest BCUT2D eigenvalue weighted by atomic mass is 32.2. The van der Waals surface area contributed by atoms with Gasteiger partial charge in [-0.15, -0.1) is 0 Å². The molecule has 0 saturated carbocycles. The molecule has 10 heteroatoms. The fraction of sp³-hybridized carbons (Fsp3) is 0.364. The zero-order valence-corrected chi connectivity index (χ0v) is 12.0. The van der Waals surface area contributed by atoms with E-state index in [2.05, 4.69) is 0 Å². The lowest BCUT2D eigenvalue weighted by molar-refractivity contribution is -0.387. The zero-order valence-electron chi connectivity index (χ0n) is 11.2. The number of rotatable bonds is 5. The Balaban J connectivity index is 3.10. The number of nitrogens with zero attached hydrogens (tertiary/aromatic N) is 2. The molecule has 0 radical (unpaired) electrons. The van der Waals surface area contributed by atoms with E-state index in [-0.39, 0.29) is 12.3 Å². The lowest BCUT2D eigenvalue weighted by Crippen LogP contribution is -2.32. The topological polar surface area (TPSA) is 97.6 Å². The van der Waals surface area contributed by atoms with E-state index in [1.807, 2.05) is 0 Å². The van der Waals surface area contributed by atoms with Crippen molar-refractivity contribution in [2.75, 3.05) is 25.6 Å². The number of nitro groups is 1. The molecule has 0 fully saturated rings. The van der Waals surface area contributed by atoms with Crippen molar-refractivity contribution >= 4 is 21.4 Å². The van der Waals surface area contributed by atoms with Crippen LogP contribution in [0.4, 0.5) is 14.5 Å². The van der Waals surface area contributed by atoms with Gasteiger partial charge >= 0.3 is 5.69 Å². The Morgan fingerprint density at radius 3 is 2.43 bits per heavy atom. The molecular weight excluding hydrogens is 310 g/mol. The predicted molar refractivity (Wildman–Crippen MR) is 69.7 cm³/mol. The Morgan fingerprint density at radius 1 is 1.38 bits per heavy atom. The molecular formula is C11H12F2N2O5S. The molecule has 1 aromatic carbocycles. The highest BCUT2D eigenvalue weighted by molar-refractivity contribution is 7.90. The molecule has 0 bridgehead atoms. The monoisotopic (exact) mass is 322 g/mol. The average Bonchev–Trinajstić information content (AvgIpc) is 2.36. The minimum Gasteiger partial charge on any atom is -0.341 e. The summed E-state index contributed by atoms with van der Waals surface area (Å²) in [5.41, 5.74) is -1.98. The Kier molecular flexibility index (Phi) is 4.94. The molecule has 7 nitrogen and oxygen atoms in total. The fourth-order valence-electron chi connectivity index (χ4n) is 1.47. The van der Waals surface area contributed by atoms with Gasteiger partial charge in [-0.25, -0.2) is 12.8 Å². The molecule has 0 aliphatic carbocycles. The molecule has 0 heterocycles. The Hall–Kier alpha value is -2.10. The summed E-state index contributed by atoms with van der Waals surface area (Å²) in [7, 11) is -2.16. The van der Waals surface area contributed by atoms with Crippen LogP contribution in [0.15, 0.2) is 12.1 Å². The van der Waals surface area contributed by atoms with Crippen molar-refractivity contribution in [3.63, 3.8) is 0 Å². The van der Waals surface area contributed by atoms with Crippen molar-refractivity contribution in [1.29, 1.82) is 0 Å². The van der Waals surface area contributed by atoms with Gasteiger partial charge in [0.2, 0.25) is 5.82 Å². The number of nitro benzene ring substituents is 1. The van der Waals surface area contributed by atoms with Gasteiger partial charge in [-0.3, -0.25) is 14.9 Å². The van der Waals surface area contributed by atoms with Crippen molar-refractivity contribution < 1.29 is 26.9 Å². The second-order valence-electron chi connectivity index (χ2n) is 4.40. The summed E-state index contributed by atoms with van der Waals surface area (Å²) in [5.74, 6) is -4.01. The molecule has 0 aliphatic rings. The SMILES string of the molecule is CN(CCS(C)(=O)=O)C(=O)c1cc(F)cc([N+](=O)[O-])c1F. The molecule has 0 unspecified atom stereocenters. The van der Waals surface area contributed by atoms with E-state index in [1.54, 1.807) is 0 Å². The number of carbonyl (C=O) groups excluding carboxylic acids is 1. The standard InChI is InChI=1S/C11H12F2N2O5S/c1-14(3-4-21(2,19)20)11(16)8-5-7(12)6-9(10(8)13)15(17)18/h5-6H,3-4H2,1-2H3. The van der Waals surface area contributed by atoms with E-state index in [0.29, 0.717) is 12.1 Å². The number of carbonyl (C=O) groups is 1. The van der Waals surface area contributed by atoms with Gasteiger partial charge in [0.25, 0.3) is 5.91 Å². The highest BCUT2D eigenvalue weighted by Crippen LogP contribution is 2.23. The van der Waals surface area contributed by atoms with Crippen LogP contribution in [0.2, 0.25) is 0 Å². The summed E-state index contributed by atoms with van der Waals surface area (Å²) < 4.78 is 49.0. The van der Waals surface area contributed by atoms with Crippen LogP contribution in [-0.2, 0) is 9.84 Å². The zero-order chi connectivity index (χ0) is 16.4. The van der Waals surface area contributed by atoms with Gasteiger partial charge in [0.1, 0.15) is 15.7 Å². The third-order valence-electron chi connectivity index (χ3n) is 2.59. The number of hydrogen-bond acceptors (Lipinski definition) is 5. The van der Waals surface area contributed by atoms with Crippen LogP contribution >= 0.6 is 0 Å². The molecule has 116 valence electrons. The van der Waals surface area contributed by atoms with Crippen LogP contribution in [-0.4, -0.2) is 49.7 Å². The van der Waals surface area contributed by atoms with E-state index in [1.165, 1.54) is 7.05 Å². The van der Waals surface area contributed by atoms with Gasteiger partial charge in [-0.05, 0) is 6.07 Å². The number of sulfone groups is 1. The Labute approximate surface area is 119 Å². The maximum Gasteiger partial charge on any atom is 0.308 e. The molecule has 21 heavy (non-hydrogen) atoms. The average molecular weight is 322 g/mol. The first-order valence-electron chi connectivity index (χ1n) is 5.59. The van der Waals surface area contributed by atoms with Crippen LogP contribution in [0.1, 0.15) is 10.4 Å². The van der Waals surface area contributed by atoms with E-state index >= 15 is 0 Å². The largest absolute Gasteiger partial charge is 0.341 e. The van der Waals surface area contributed by atoms with Crippen LogP contribution in [0.5, 0.6) is 0 Å². The second-order valence-corrected chi connectivity index (χ2v) is 6.66. The molecule has 1 aromatic rings. The number of hydrogen-bond donors (Lipinski definition) is 0. The van der Waals surface area contributed by atoms with Crippen LogP contribution in [0.3, 0.4) is 0 Å². The van der Waals surface area contributed by atoms with Gasteiger partial charge < -0.3 is 4.90 Å². The quantitative estimate of drug-likeness (QED) is 0.595. The third kappa shape index (κ3) is 4.45. The van der Waals surface area contributed by atoms with Gasteiger partial charge in [0.05, 0.1) is 22.3 Å². The number of halogens is 2. The molecule has 0 spiro atoms. The summed E-state index contributed by atoms with van der Waals surface area (Å²) >= 11 is 0. The van der Waals surface area contributed by atoms with Crippen LogP contribution in [0, 0.1) is 21.7 Å². The minimum atomic E-state index is -3.34. The maximum absolute atomic E-state index is 13.8. The minimum absolute atomic E-state index is 0.249. The normalized spacial score (nSPS) is 11.2. The highest BCUT2D eigenvalue weighted by Gasteiger charge is 2.26. The summed E-state index contributed by atoms with van der Waals surface area (Å²) in [6.45, 7) is -0.249. The van der Waals surface area contributed by atoms with Gasteiger partial charge in [0.15, 0.2) is 0 Å². The first kappa shape index (κ1) is 17.0. The summed E-state index contributed by atoms with van der Waals surface area (Å²) in [4.78, 5) is 22.2. The van der Waals surface area contributed by atoms with Crippen molar-refractivity contribution in [1.82, 2.24) is 4.90 Å². The molecule has 0 aromatic heterocycles. The first-order valence-corrected chi connectivity index (χ1v) is 7.65. The number of benzene rings is 1. The predicted octanol–water partition coefficient (Wildman–Crippen LogP) is 0.990. The van der Waals surface area contributed by atoms with E-state index < -0.39 is 43.6 Å². The van der Waals surface area contributed by atoms with E-state index in [9.17, 15) is 32.1 Å². The van der Waals surface area contributed by atoms with Crippen molar-refractivity contribution in [2.45, 2.75) is 0 Å². The molecule has 1 amide bonds. The van der Waals surface area contributed by atoms with Crippen molar-refractivity contribution in [3.8, 4) is 0 Å². The van der Waals surface area contributed by atoms with Gasteiger partial charge in [0, 0.05) is 19.8 Å². The molecule has 0 N–H and O–H groups in total. The van der Waals surface area contributed by atoms with E-state index in [4.69, 9.17) is 0 Å². The molecule has 0 saturated heterocycles. The van der Waals surface area contributed by atoms with Gasteiger partial charge in [-0.2, -0.15) is 4.39 Å². The maximum atomic E-state index is 13.8. The lowest BCUT2D eigenvalue weighted by Gasteiger charge is -2.16. The summed E-state index contributed by atoms with van der Waals surface area (Å²) in [6, 6.07) is 0.893. The fourth-order valence-corrected chi connectivity index (χ4v) is 2.08. The molecule has 0 atom stereocenters. The van der Waals surface area contributed by atoms with Crippen molar-refractivity contribution in [3.05, 3.63) is 39.4 Å². The van der Waals surface area contributed by atoms with Gasteiger partial charge in [-0.1, -0.05) is 0 Å². The molecule has 1 rings (SSSR count). The Morgan fingerprint density at radius 2 is 1.95 bits per heavy atom. The summed E-state index contributed by atoms with van der Waals surface area (Å²) in [5, 5.41) is 10.6. The second kappa shape index (κ2) is 6.12. The third-order valence-corrected chi connectivity index (χ3v) is 3.51.